The lowest BCUT2D eigenvalue weighted by Gasteiger charge is -2.26. The van der Waals surface area contributed by atoms with Crippen LogP contribution < -0.4 is 10.6 Å². The van der Waals surface area contributed by atoms with E-state index in [1.807, 2.05) is 30.3 Å². The van der Waals surface area contributed by atoms with Gasteiger partial charge in [0.05, 0.1) is 10.5 Å². The number of carboxylic acids is 1. The molecular weight excluding hydrogens is 433 g/mol. The lowest BCUT2D eigenvalue weighted by molar-refractivity contribution is -0.140. The van der Waals surface area contributed by atoms with Gasteiger partial charge < -0.3 is 20.3 Å². The summed E-state index contributed by atoms with van der Waals surface area (Å²) in [7, 11) is 0. The van der Waals surface area contributed by atoms with Crippen molar-refractivity contribution in [2.45, 2.75) is 51.2 Å². The molecule has 0 aliphatic heterocycles. The number of nitrogens with zero attached hydrogens (tertiary/aromatic N) is 1. The molecule has 1 aliphatic rings. The molecule has 3 N–H and O–H groups in total. The summed E-state index contributed by atoms with van der Waals surface area (Å²) in [5, 5.41) is 16.4. The number of hydrogen-bond acceptors (Lipinski definition) is 2. The minimum absolute atomic E-state index is 0.149. The van der Waals surface area contributed by atoms with E-state index in [0.29, 0.717) is 43.1 Å². The average Bonchev–Trinajstić information content (AvgIpc) is 3.07. The number of fused-ring (bicyclic) bond motifs is 3. The van der Waals surface area contributed by atoms with Crippen LogP contribution in [0, 0.1) is 5.82 Å². The fourth-order valence-electron chi connectivity index (χ4n) is 4.58. The fraction of sp³-hybridized carbons (Fsp3) is 0.333. The van der Waals surface area contributed by atoms with Crippen molar-refractivity contribution in [1.82, 2.24) is 15.2 Å². The second-order valence-corrected chi connectivity index (χ2v) is 8.50. The Morgan fingerprint density at radius 3 is 2.72 bits per heavy atom. The molecule has 4 rings (SSSR count). The zero-order valence-electron chi connectivity index (χ0n) is 17.7. The van der Waals surface area contributed by atoms with E-state index in [2.05, 4.69) is 10.6 Å². The SMILES string of the molecule is CCC(C(=O)O)n1c2c(c3cc(F)cc(Cl)c31)C[C@@H](NC(=O)NCc1ccccc1)CC2. The van der Waals surface area contributed by atoms with E-state index in [0.717, 1.165) is 16.8 Å². The van der Waals surface area contributed by atoms with Gasteiger partial charge in [0.15, 0.2) is 0 Å². The van der Waals surface area contributed by atoms with Gasteiger partial charge in [-0.05, 0) is 48.9 Å². The number of halogens is 2. The molecule has 0 bridgehead atoms. The Bertz CT molecular complexity index is 1160. The van der Waals surface area contributed by atoms with E-state index in [-0.39, 0.29) is 17.1 Å². The van der Waals surface area contributed by atoms with Gasteiger partial charge in [-0.3, -0.25) is 0 Å². The Morgan fingerprint density at radius 2 is 2.03 bits per heavy atom. The maximum atomic E-state index is 14.2. The minimum atomic E-state index is -0.951. The molecule has 168 valence electrons. The molecule has 1 unspecified atom stereocenters. The summed E-state index contributed by atoms with van der Waals surface area (Å²) < 4.78 is 15.9. The van der Waals surface area contributed by atoms with Crippen LogP contribution in [0.3, 0.4) is 0 Å². The Labute approximate surface area is 190 Å². The van der Waals surface area contributed by atoms with Crippen LogP contribution in [0.25, 0.3) is 10.9 Å². The molecule has 0 saturated heterocycles. The molecule has 2 amide bonds. The van der Waals surface area contributed by atoms with Gasteiger partial charge in [-0.1, -0.05) is 48.9 Å². The molecule has 6 nitrogen and oxygen atoms in total. The van der Waals surface area contributed by atoms with Gasteiger partial charge in [-0.2, -0.15) is 0 Å². The molecule has 2 aromatic carbocycles. The van der Waals surface area contributed by atoms with Crippen LogP contribution in [0.2, 0.25) is 5.02 Å². The Hall–Kier alpha value is -3.06. The largest absolute Gasteiger partial charge is 0.480 e. The molecule has 0 radical (unpaired) electrons. The number of carboxylic acid groups (broad SMARTS) is 1. The zero-order valence-corrected chi connectivity index (χ0v) is 18.5. The lowest BCUT2D eigenvalue weighted by atomic mass is 9.91. The van der Waals surface area contributed by atoms with Crippen molar-refractivity contribution in [3.05, 3.63) is 70.1 Å². The van der Waals surface area contributed by atoms with Crippen molar-refractivity contribution >= 4 is 34.5 Å². The van der Waals surface area contributed by atoms with Crippen LogP contribution >= 0.6 is 11.6 Å². The lowest BCUT2D eigenvalue weighted by Crippen LogP contribution is -2.44. The Morgan fingerprint density at radius 1 is 1.28 bits per heavy atom. The first-order valence-electron chi connectivity index (χ1n) is 10.7. The van der Waals surface area contributed by atoms with Gasteiger partial charge in [0.25, 0.3) is 0 Å². The summed E-state index contributed by atoms with van der Waals surface area (Å²) in [6.45, 7) is 2.22. The highest BCUT2D eigenvalue weighted by atomic mass is 35.5. The van der Waals surface area contributed by atoms with Gasteiger partial charge in [-0.25, -0.2) is 14.0 Å². The summed E-state index contributed by atoms with van der Waals surface area (Å²) in [5.41, 5.74) is 3.24. The van der Waals surface area contributed by atoms with E-state index in [1.165, 1.54) is 12.1 Å². The summed E-state index contributed by atoms with van der Waals surface area (Å²) in [4.78, 5) is 24.4. The summed E-state index contributed by atoms with van der Waals surface area (Å²) >= 11 is 6.38. The first kappa shape index (κ1) is 22.1. The summed E-state index contributed by atoms with van der Waals surface area (Å²) in [5.74, 6) is -1.42. The standard InChI is InChI=1S/C24H25ClFN3O3/c1-2-20(23(30)31)29-21-9-8-16(28-24(32)27-13-14-6-4-3-5-7-14)12-17(21)18-10-15(26)11-19(25)22(18)29/h3-7,10-11,16,20H,2,8-9,12-13H2,1H3,(H,30,31)(H2,27,28,32)/t16-,20?/m0/s1. The molecule has 1 aliphatic carbocycles. The second-order valence-electron chi connectivity index (χ2n) is 8.09. The smallest absolute Gasteiger partial charge is 0.326 e. The first-order valence-corrected chi connectivity index (χ1v) is 11.1. The monoisotopic (exact) mass is 457 g/mol. The van der Waals surface area contributed by atoms with Crippen LogP contribution in [-0.2, 0) is 24.2 Å². The molecule has 2 atom stereocenters. The zero-order chi connectivity index (χ0) is 22.8. The number of amides is 2. The molecule has 1 heterocycles. The second kappa shape index (κ2) is 9.20. The van der Waals surface area contributed by atoms with Crippen LogP contribution in [0.1, 0.15) is 42.6 Å². The predicted molar refractivity (Wildman–Crippen MR) is 121 cm³/mol. The van der Waals surface area contributed by atoms with E-state index >= 15 is 0 Å². The number of nitrogens with one attached hydrogen (secondary N) is 2. The van der Waals surface area contributed by atoms with Crippen LogP contribution in [0.15, 0.2) is 42.5 Å². The van der Waals surface area contributed by atoms with Gasteiger partial charge in [-0.15, -0.1) is 0 Å². The third-order valence-electron chi connectivity index (χ3n) is 6.03. The van der Waals surface area contributed by atoms with E-state index in [1.54, 1.807) is 11.5 Å². The molecule has 3 aromatic rings. The molecule has 0 saturated carbocycles. The number of aliphatic carboxylic acids is 1. The van der Waals surface area contributed by atoms with Crippen molar-refractivity contribution in [2.24, 2.45) is 0 Å². The number of urea groups is 1. The van der Waals surface area contributed by atoms with Crippen molar-refractivity contribution in [3.63, 3.8) is 0 Å². The van der Waals surface area contributed by atoms with E-state index < -0.39 is 17.8 Å². The summed E-state index contributed by atoms with van der Waals surface area (Å²) in [6.07, 6.45) is 2.07. The highest BCUT2D eigenvalue weighted by molar-refractivity contribution is 6.35. The minimum Gasteiger partial charge on any atom is -0.480 e. The van der Waals surface area contributed by atoms with E-state index in [4.69, 9.17) is 11.6 Å². The molecule has 32 heavy (non-hydrogen) atoms. The van der Waals surface area contributed by atoms with Gasteiger partial charge >= 0.3 is 12.0 Å². The van der Waals surface area contributed by atoms with Gasteiger partial charge in [0.1, 0.15) is 11.9 Å². The maximum Gasteiger partial charge on any atom is 0.326 e. The highest BCUT2D eigenvalue weighted by Crippen LogP contribution is 2.39. The Balaban J connectivity index is 1.60. The number of rotatable bonds is 6. The van der Waals surface area contributed by atoms with Crippen LogP contribution in [0.4, 0.5) is 9.18 Å². The normalized spacial score (nSPS) is 16.4. The van der Waals surface area contributed by atoms with Crippen molar-refractivity contribution in [2.75, 3.05) is 0 Å². The van der Waals surface area contributed by atoms with Crippen molar-refractivity contribution in [3.8, 4) is 0 Å². The number of hydrogen-bond donors (Lipinski definition) is 3. The number of aromatic nitrogens is 1. The average molecular weight is 458 g/mol. The molecular formula is C24H25ClFN3O3. The van der Waals surface area contributed by atoms with Gasteiger partial charge in [0, 0.05) is 23.7 Å². The third kappa shape index (κ3) is 4.30. The molecule has 0 fully saturated rings. The number of carbonyl (C=O) groups excluding carboxylic acids is 1. The molecule has 8 heteroatoms. The van der Waals surface area contributed by atoms with E-state index in [9.17, 15) is 19.1 Å². The van der Waals surface area contributed by atoms with Crippen molar-refractivity contribution < 1.29 is 19.1 Å². The third-order valence-corrected chi connectivity index (χ3v) is 6.32. The topological polar surface area (TPSA) is 83.4 Å². The fourth-order valence-corrected chi connectivity index (χ4v) is 4.88. The quantitative estimate of drug-likeness (QED) is 0.496. The summed E-state index contributed by atoms with van der Waals surface area (Å²) in [6, 6.07) is 11.0. The Kier molecular flexibility index (Phi) is 6.37. The number of benzene rings is 2. The van der Waals surface area contributed by atoms with Crippen LogP contribution in [-0.4, -0.2) is 27.7 Å². The number of carbonyl (C=O) groups is 2. The maximum absolute atomic E-state index is 14.2. The van der Waals surface area contributed by atoms with Crippen LogP contribution in [0.5, 0.6) is 0 Å². The highest BCUT2D eigenvalue weighted by Gasteiger charge is 2.32. The molecule has 0 spiro atoms. The predicted octanol–water partition coefficient (Wildman–Crippen LogP) is 4.83. The molecule has 1 aromatic heterocycles. The first-order chi connectivity index (χ1) is 15.4. The van der Waals surface area contributed by atoms with Crippen molar-refractivity contribution in [1.29, 1.82) is 0 Å². The van der Waals surface area contributed by atoms with Gasteiger partial charge in [0.2, 0.25) is 0 Å².